The maximum atomic E-state index is 12.0. The van der Waals surface area contributed by atoms with Gasteiger partial charge in [0.15, 0.2) is 0 Å². The quantitative estimate of drug-likeness (QED) is 0.347. The summed E-state index contributed by atoms with van der Waals surface area (Å²) in [6.45, 7) is 12.6. The van der Waals surface area contributed by atoms with Gasteiger partial charge >= 0.3 is 5.97 Å². The van der Waals surface area contributed by atoms with Crippen LogP contribution in [0.5, 0.6) is 0 Å². The van der Waals surface area contributed by atoms with E-state index in [0.29, 0.717) is 5.56 Å². The molecule has 114 valence electrons. The molecule has 0 saturated heterocycles. The van der Waals surface area contributed by atoms with E-state index in [-0.39, 0.29) is 12.6 Å². The summed E-state index contributed by atoms with van der Waals surface area (Å²) in [5, 5.41) is 0. The number of hydrogen-bond donors (Lipinski definition) is 0. The van der Waals surface area contributed by atoms with Gasteiger partial charge < -0.3 is 9.64 Å². The number of aryl methyl sites for hydroxylation is 2. The van der Waals surface area contributed by atoms with Gasteiger partial charge in [-0.25, -0.2) is 9.79 Å². The van der Waals surface area contributed by atoms with Crippen molar-refractivity contribution in [1.29, 1.82) is 0 Å². The zero-order chi connectivity index (χ0) is 16.0. The van der Waals surface area contributed by atoms with Crippen molar-refractivity contribution in [3.05, 3.63) is 41.0 Å². The number of rotatable bonds is 6. The van der Waals surface area contributed by atoms with Crippen LogP contribution in [-0.2, 0) is 4.74 Å². The molecule has 0 aromatic heterocycles. The molecular formula is C17H24N2O2. The van der Waals surface area contributed by atoms with Gasteiger partial charge in [-0.05, 0) is 56.5 Å². The molecule has 1 rings (SSSR count). The highest BCUT2D eigenvalue weighted by Gasteiger charge is 2.13. The Morgan fingerprint density at radius 1 is 1.38 bits per heavy atom. The third kappa shape index (κ3) is 5.06. The molecule has 21 heavy (non-hydrogen) atoms. The van der Waals surface area contributed by atoms with E-state index in [4.69, 9.17) is 4.74 Å². The molecule has 0 atom stereocenters. The molecule has 1 aromatic rings. The number of nitrogens with zero attached hydrogens (tertiary/aromatic N) is 2. The lowest BCUT2D eigenvalue weighted by Gasteiger charge is -2.11. The second-order valence-corrected chi connectivity index (χ2v) is 5.30. The van der Waals surface area contributed by atoms with Crippen LogP contribution < -0.4 is 0 Å². The average molecular weight is 288 g/mol. The first-order valence-corrected chi connectivity index (χ1v) is 7.02. The number of hydrogen-bond acceptors (Lipinski definition) is 3. The van der Waals surface area contributed by atoms with E-state index in [1.54, 1.807) is 6.34 Å². The van der Waals surface area contributed by atoms with Gasteiger partial charge in [-0.1, -0.05) is 6.58 Å². The molecule has 0 aliphatic heterocycles. The second kappa shape index (κ2) is 7.62. The summed E-state index contributed by atoms with van der Waals surface area (Å²) < 4.78 is 5.20. The number of esters is 1. The highest BCUT2D eigenvalue weighted by molar-refractivity contribution is 5.92. The lowest BCUT2D eigenvalue weighted by Crippen LogP contribution is -2.14. The minimum absolute atomic E-state index is 0.249. The Morgan fingerprint density at radius 3 is 2.62 bits per heavy atom. The summed E-state index contributed by atoms with van der Waals surface area (Å²) in [7, 11) is 1.97. The van der Waals surface area contributed by atoms with Gasteiger partial charge in [0.1, 0.15) is 6.61 Å². The van der Waals surface area contributed by atoms with Gasteiger partial charge in [-0.2, -0.15) is 0 Å². The van der Waals surface area contributed by atoms with Crippen molar-refractivity contribution in [3.8, 4) is 0 Å². The van der Waals surface area contributed by atoms with Gasteiger partial charge in [0.25, 0.3) is 0 Å². The van der Waals surface area contributed by atoms with Gasteiger partial charge in [-0.15, -0.1) is 0 Å². The van der Waals surface area contributed by atoms with E-state index in [2.05, 4.69) is 18.5 Å². The molecule has 4 nitrogen and oxygen atoms in total. The molecule has 0 saturated carbocycles. The summed E-state index contributed by atoms with van der Waals surface area (Å²) >= 11 is 0. The summed E-state index contributed by atoms with van der Waals surface area (Å²) in [4.78, 5) is 18.5. The molecule has 0 spiro atoms. The standard InChI is InChI=1S/C17H24N2O2/c1-7-19(6)11-18-16-9-13(4)15(8-14(16)5)17(20)21-10-12(2)3/h8-9,11H,2,7,10H2,1,3-6H3. The Hall–Kier alpha value is -2.10. The van der Waals surface area contributed by atoms with Crippen LogP contribution in [-0.4, -0.2) is 37.4 Å². The largest absolute Gasteiger partial charge is 0.458 e. The lowest BCUT2D eigenvalue weighted by atomic mass is 10.0. The predicted octanol–water partition coefficient (Wildman–Crippen LogP) is 3.65. The average Bonchev–Trinajstić information content (AvgIpc) is 2.44. The number of carbonyl (C=O) groups excluding carboxylic acids is 1. The number of benzene rings is 1. The van der Waals surface area contributed by atoms with Crippen LogP contribution in [0.25, 0.3) is 0 Å². The van der Waals surface area contributed by atoms with Gasteiger partial charge in [0.2, 0.25) is 0 Å². The first kappa shape index (κ1) is 17.0. The van der Waals surface area contributed by atoms with Crippen molar-refractivity contribution in [1.82, 2.24) is 4.90 Å². The van der Waals surface area contributed by atoms with Crippen molar-refractivity contribution in [3.63, 3.8) is 0 Å². The molecule has 0 heterocycles. The van der Waals surface area contributed by atoms with Crippen molar-refractivity contribution < 1.29 is 9.53 Å². The Balaban J connectivity index is 2.96. The number of ether oxygens (including phenoxy) is 1. The molecular weight excluding hydrogens is 264 g/mol. The fraction of sp³-hybridized carbons (Fsp3) is 0.412. The topological polar surface area (TPSA) is 41.9 Å². The highest BCUT2D eigenvalue weighted by Crippen LogP contribution is 2.23. The summed E-state index contributed by atoms with van der Waals surface area (Å²) in [5.74, 6) is -0.320. The van der Waals surface area contributed by atoms with Crippen molar-refractivity contribution in [2.75, 3.05) is 20.2 Å². The van der Waals surface area contributed by atoms with E-state index < -0.39 is 0 Å². The molecule has 0 amide bonds. The van der Waals surface area contributed by atoms with Crippen molar-refractivity contribution in [2.45, 2.75) is 27.7 Å². The number of carbonyl (C=O) groups is 1. The van der Waals surface area contributed by atoms with Gasteiger partial charge in [0.05, 0.1) is 17.6 Å². The maximum absolute atomic E-state index is 12.0. The first-order valence-electron chi connectivity index (χ1n) is 7.02. The normalized spacial score (nSPS) is 10.7. The van der Waals surface area contributed by atoms with E-state index in [1.807, 2.05) is 44.9 Å². The predicted molar refractivity (Wildman–Crippen MR) is 87.5 cm³/mol. The maximum Gasteiger partial charge on any atom is 0.338 e. The molecule has 4 heteroatoms. The minimum Gasteiger partial charge on any atom is -0.458 e. The van der Waals surface area contributed by atoms with E-state index in [0.717, 1.165) is 28.9 Å². The second-order valence-electron chi connectivity index (χ2n) is 5.30. The van der Waals surface area contributed by atoms with Crippen LogP contribution in [0.4, 0.5) is 5.69 Å². The Bertz CT molecular complexity index is 562. The smallest absolute Gasteiger partial charge is 0.338 e. The fourth-order valence-corrected chi connectivity index (χ4v) is 1.67. The number of aliphatic imine (C=N–C) groups is 1. The van der Waals surface area contributed by atoms with Crippen LogP contribution >= 0.6 is 0 Å². The van der Waals surface area contributed by atoms with Crippen LogP contribution in [0.15, 0.2) is 29.3 Å². The SMILES string of the molecule is C=C(C)COC(=O)c1cc(C)c(N=CN(C)CC)cc1C. The lowest BCUT2D eigenvalue weighted by molar-refractivity contribution is 0.0539. The summed E-state index contributed by atoms with van der Waals surface area (Å²) in [6.07, 6.45) is 1.79. The van der Waals surface area contributed by atoms with E-state index in [9.17, 15) is 4.79 Å². The van der Waals surface area contributed by atoms with Crippen LogP contribution in [0.2, 0.25) is 0 Å². The molecule has 0 fully saturated rings. The Labute approximate surface area is 127 Å². The summed E-state index contributed by atoms with van der Waals surface area (Å²) in [6, 6.07) is 3.74. The molecule has 0 radical (unpaired) electrons. The Kier molecular flexibility index (Phi) is 6.15. The van der Waals surface area contributed by atoms with Crippen LogP contribution in [0.3, 0.4) is 0 Å². The third-order valence-corrected chi connectivity index (χ3v) is 3.11. The van der Waals surface area contributed by atoms with Crippen LogP contribution in [0, 0.1) is 13.8 Å². The summed E-state index contributed by atoms with van der Waals surface area (Å²) in [5.41, 5.74) is 4.07. The molecule has 0 bridgehead atoms. The molecule has 0 aliphatic carbocycles. The highest BCUT2D eigenvalue weighted by atomic mass is 16.5. The van der Waals surface area contributed by atoms with E-state index >= 15 is 0 Å². The zero-order valence-corrected chi connectivity index (χ0v) is 13.6. The fourth-order valence-electron chi connectivity index (χ4n) is 1.67. The third-order valence-electron chi connectivity index (χ3n) is 3.11. The molecule has 0 aliphatic rings. The Morgan fingerprint density at radius 2 is 2.05 bits per heavy atom. The monoisotopic (exact) mass is 288 g/mol. The van der Waals surface area contributed by atoms with Gasteiger partial charge in [0, 0.05) is 13.6 Å². The molecule has 1 aromatic carbocycles. The van der Waals surface area contributed by atoms with Crippen molar-refractivity contribution in [2.24, 2.45) is 4.99 Å². The van der Waals surface area contributed by atoms with E-state index in [1.165, 1.54) is 0 Å². The minimum atomic E-state index is -0.320. The first-order chi connectivity index (χ1) is 9.85. The zero-order valence-electron chi connectivity index (χ0n) is 13.6. The molecule has 0 N–H and O–H groups in total. The van der Waals surface area contributed by atoms with Gasteiger partial charge in [-0.3, -0.25) is 0 Å². The molecule has 0 unspecified atom stereocenters. The van der Waals surface area contributed by atoms with Crippen LogP contribution in [0.1, 0.15) is 35.3 Å². The van der Waals surface area contributed by atoms with Crippen molar-refractivity contribution >= 4 is 18.0 Å².